The van der Waals surface area contributed by atoms with E-state index in [1.165, 1.54) is 29.2 Å². The Bertz CT molecular complexity index is 1430. The van der Waals surface area contributed by atoms with Gasteiger partial charge in [-0.2, -0.15) is 22.0 Å². The number of carbonyl (C=O) groups excluding carboxylic acids is 1. The maximum absolute atomic E-state index is 13.5. The molecular formula is C26H19F8NO4S. The van der Waals surface area contributed by atoms with E-state index in [1.54, 1.807) is 6.07 Å². The molecule has 14 heteroatoms. The number of alkyl halides is 3. The molecule has 0 aliphatic carbocycles. The minimum Gasteiger partial charge on any atom is -0.493 e. The number of ether oxygens (including phenoxy) is 1. The Morgan fingerprint density at radius 3 is 2.15 bits per heavy atom. The number of benzene rings is 3. The molecule has 214 valence electrons. The van der Waals surface area contributed by atoms with Crippen LogP contribution in [-0.4, -0.2) is 23.3 Å². The molecule has 1 saturated heterocycles. The van der Waals surface area contributed by atoms with Crippen molar-refractivity contribution in [2.24, 2.45) is 0 Å². The fourth-order valence-corrected chi connectivity index (χ4v) is 4.75. The van der Waals surface area contributed by atoms with Crippen LogP contribution >= 0.6 is 0 Å². The summed E-state index contributed by atoms with van der Waals surface area (Å²) in [5, 5.41) is 0. The zero-order valence-corrected chi connectivity index (χ0v) is 21.1. The summed E-state index contributed by atoms with van der Waals surface area (Å²) in [7, 11) is 0. The van der Waals surface area contributed by atoms with Gasteiger partial charge in [0.25, 0.3) is 0 Å². The number of halogens is 8. The van der Waals surface area contributed by atoms with Crippen LogP contribution in [0, 0.1) is 29.1 Å². The quantitative estimate of drug-likeness (QED) is 0.193. The number of carbonyl (C=O) groups is 1. The van der Waals surface area contributed by atoms with Gasteiger partial charge >= 0.3 is 6.18 Å². The maximum Gasteiger partial charge on any atom is 0.416 e. The molecule has 1 unspecified atom stereocenters. The second-order valence-electron chi connectivity index (χ2n) is 8.64. The molecule has 0 bridgehead atoms. The normalized spacial score (nSPS) is 15.6. The highest BCUT2D eigenvalue weighted by Crippen LogP contribution is 2.34. The minimum atomic E-state index is -4.36. The van der Waals surface area contributed by atoms with E-state index in [0.29, 0.717) is 37.4 Å². The molecule has 40 heavy (non-hydrogen) atoms. The van der Waals surface area contributed by atoms with Crippen molar-refractivity contribution in [1.82, 2.24) is 0 Å². The predicted octanol–water partition coefficient (Wildman–Crippen LogP) is 6.64. The topological polar surface area (TPSA) is 55.8 Å². The van der Waals surface area contributed by atoms with Gasteiger partial charge in [-0.1, -0.05) is 12.1 Å². The molecule has 5 rings (SSSR count). The molecule has 2 heterocycles. The highest BCUT2D eigenvalue weighted by Gasteiger charge is 2.32. The van der Waals surface area contributed by atoms with Gasteiger partial charge in [0, 0.05) is 18.7 Å². The fourth-order valence-electron chi connectivity index (χ4n) is 3.98. The van der Waals surface area contributed by atoms with E-state index < -0.39 is 57.7 Å². The average Bonchev–Trinajstić information content (AvgIpc) is 3.38. The third-order valence-corrected chi connectivity index (χ3v) is 6.92. The Hall–Kier alpha value is -3.68. The molecule has 0 N–H and O–H groups in total. The zero-order chi connectivity index (χ0) is 29.2. The summed E-state index contributed by atoms with van der Waals surface area (Å²) in [4.78, 5) is 12.8. The van der Waals surface area contributed by atoms with Crippen LogP contribution < -0.4 is 13.8 Å². The number of aryl methyl sites for hydroxylation is 1. The van der Waals surface area contributed by atoms with E-state index in [0.717, 1.165) is 30.5 Å². The molecule has 3 aromatic carbocycles. The van der Waals surface area contributed by atoms with Crippen LogP contribution in [-0.2, 0) is 28.5 Å². The van der Waals surface area contributed by atoms with Crippen molar-refractivity contribution in [1.29, 1.82) is 0 Å². The van der Waals surface area contributed by atoms with Crippen molar-refractivity contribution in [2.75, 3.05) is 18.1 Å². The summed E-state index contributed by atoms with van der Waals surface area (Å²) in [5.41, 5.74) is 0.472. The molecule has 2 aliphatic rings. The monoisotopic (exact) mass is 593 g/mol. The SMILES string of the molecule is O=C1CCCN1c1cccc(C(F)(F)F)c1.O=S(Oc1c(F)c(F)c(F)c(F)c1F)c1ccc2c(c1)OCCC2. The van der Waals surface area contributed by atoms with Gasteiger partial charge in [-0.15, -0.1) is 0 Å². The second-order valence-corrected chi connectivity index (χ2v) is 9.74. The van der Waals surface area contributed by atoms with Crippen LogP contribution in [0.1, 0.15) is 30.4 Å². The molecule has 0 aromatic heterocycles. The van der Waals surface area contributed by atoms with Gasteiger partial charge in [-0.05, 0) is 55.2 Å². The Balaban J connectivity index is 0.000000201. The first-order valence-electron chi connectivity index (χ1n) is 11.7. The first-order chi connectivity index (χ1) is 18.9. The third kappa shape index (κ3) is 6.21. The molecule has 1 fully saturated rings. The van der Waals surface area contributed by atoms with Crippen LogP contribution in [0.25, 0.3) is 0 Å². The van der Waals surface area contributed by atoms with Crippen molar-refractivity contribution in [3.05, 3.63) is 82.7 Å². The summed E-state index contributed by atoms with van der Waals surface area (Å²) >= 11 is -2.49. The number of anilines is 1. The van der Waals surface area contributed by atoms with Crippen molar-refractivity contribution in [3.8, 4) is 11.5 Å². The molecule has 3 aromatic rings. The number of amides is 1. The maximum atomic E-state index is 13.5. The zero-order valence-electron chi connectivity index (χ0n) is 20.3. The van der Waals surface area contributed by atoms with Gasteiger partial charge in [0.05, 0.1) is 17.1 Å². The predicted molar refractivity (Wildman–Crippen MR) is 127 cm³/mol. The van der Waals surface area contributed by atoms with Crippen LogP contribution in [0.2, 0.25) is 0 Å². The van der Waals surface area contributed by atoms with Crippen LogP contribution in [0.3, 0.4) is 0 Å². The standard InChI is InChI=1S/C15H9F5O3S.C11H10F3NO/c16-10-11(17)13(19)15(14(20)12(10)18)23-24(21)8-4-3-7-2-1-5-22-9(7)6-8;12-11(13,14)8-3-1-4-9(7-8)15-6-2-5-10(15)16/h3-4,6H,1-2,5H2;1,3-4,7H,2,5-6H2. The van der Waals surface area contributed by atoms with Gasteiger partial charge in [-0.25, -0.2) is 17.4 Å². The number of hydrogen-bond donors (Lipinski definition) is 0. The first-order valence-corrected chi connectivity index (χ1v) is 12.8. The molecule has 0 saturated carbocycles. The van der Waals surface area contributed by atoms with Crippen LogP contribution in [0.4, 0.5) is 40.8 Å². The lowest BCUT2D eigenvalue weighted by Gasteiger charge is -2.17. The van der Waals surface area contributed by atoms with E-state index in [-0.39, 0.29) is 10.8 Å². The fraction of sp³-hybridized carbons (Fsp3) is 0.269. The van der Waals surface area contributed by atoms with E-state index in [9.17, 15) is 44.1 Å². The minimum absolute atomic E-state index is 0.0282. The lowest BCUT2D eigenvalue weighted by molar-refractivity contribution is -0.137. The van der Waals surface area contributed by atoms with Gasteiger partial charge in [0.1, 0.15) is 5.75 Å². The highest BCUT2D eigenvalue weighted by atomic mass is 32.2. The van der Waals surface area contributed by atoms with E-state index in [1.807, 2.05) is 0 Å². The first kappa shape index (κ1) is 29.3. The Labute approximate surface area is 225 Å². The average molecular weight is 593 g/mol. The molecule has 1 amide bonds. The molecular weight excluding hydrogens is 574 g/mol. The van der Waals surface area contributed by atoms with E-state index >= 15 is 0 Å². The van der Waals surface area contributed by atoms with E-state index in [4.69, 9.17) is 4.74 Å². The van der Waals surface area contributed by atoms with Gasteiger partial charge in [-0.3, -0.25) is 4.79 Å². The van der Waals surface area contributed by atoms with Crippen molar-refractivity contribution < 1.29 is 53.0 Å². The lowest BCUT2D eigenvalue weighted by atomic mass is 10.1. The third-order valence-electron chi connectivity index (χ3n) is 5.97. The van der Waals surface area contributed by atoms with Crippen LogP contribution in [0.5, 0.6) is 11.5 Å². The number of fused-ring (bicyclic) bond motifs is 1. The molecule has 0 spiro atoms. The smallest absolute Gasteiger partial charge is 0.416 e. The number of nitrogens with zero attached hydrogens (tertiary/aromatic N) is 1. The van der Waals surface area contributed by atoms with Crippen molar-refractivity contribution >= 4 is 22.7 Å². The van der Waals surface area contributed by atoms with E-state index in [2.05, 4.69) is 4.18 Å². The van der Waals surface area contributed by atoms with Crippen molar-refractivity contribution in [2.45, 2.75) is 36.8 Å². The Kier molecular flexibility index (Phi) is 8.66. The summed E-state index contributed by atoms with van der Waals surface area (Å²) in [6, 6.07) is 9.19. The van der Waals surface area contributed by atoms with Gasteiger partial charge in [0.2, 0.25) is 51.8 Å². The molecule has 1 atom stereocenters. The largest absolute Gasteiger partial charge is 0.493 e. The second kappa shape index (κ2) is 11.8. The Morgan fingerprint density at radius 2 is 1.52 bits per heavy atom. The van der Waals surface area contributed by atoms with Crippen LogP contribution in [0.15, 0.2) is 47.4 Å². The lowest BCUT2D eigenvalue weighted by Crippen LogP contribution is -2.24. The highest BCUT2D eigenvalue weighted by molar-refractivity contribution is 7.80. The number of rotatable bonds is 4. The summed E-state index contributed by atoms with van der Waals surface area (Å²) < 4.78 is 126. The summed E-state index contributed by atoms with van der Waals surface area (Å²) in [6.07, 6.45) is -1.68. The summed E-state index contributed by atoms with van der Waals surface area (Å²) in [5.74, 6) is -12.3. The summed E-state index contributed by atoms with van der Waals surface area (Å²) in [6.45, 7) is 0.960. The molecule has 5 nitrogen and oxygen atoms in total. The van der Waals surface area contributed by atoms with Gasteiger partial charge < -0.3 is 13.8 Å². The molecule has 0 radical (unpaired) electrons. The van der Waals surface area contributed by atoms with Gasteiger partial charge in [0.15, 0.2) is 0 Å². The number of hydrogen-bond acceptors (Lipinski definition) is 4. The molecule has 2 aliphatic heterocycles. The Morgan fingerprint density at radius 1 is 0.850 bits per heavy atom. The van der Waals surface area contributed by atoms with Crippen molar-refractivity contribution in [3.63, 3.8) is 0 Å².